The predicted molar refractivity (Wildman–Crippen MR) is 288 cm³/mol. The van der Waals surface area contributed by atoms with Gasteiger partial charge in [0, 0.05) is 49.6 Å². The molecule has 2 aliphatic heterocycles. The lowest BCUT2D eigenvalue weighted by atomic mass is 10.1. The second-order valence-electron chi connectivity index (χ2n) is 17.3. The average Bonchev–Trinajstić information content (AvgIpc) is 3.71. The van der Waals surface area contributed by atoms with Gasteiger partial charge in [-0.3, -0.25) is 0 Å². The Morgan fingerprint density at radius 2 is 0.913 bits per heavy atom. The molecule has 0 unspecified atom stereocenters. The molecule has 69 heavy (non-hydrogen) atoms. The number of likely N-dealkylation sites (tertiary alicyclic amines) is 2. The monoisotopic (exact) mass is 1020 g/mol. The zero-order valence-corrected chi connectivity index (χ0v) is 40.6. The van der Waals surface area contributed by atoms with E-state index in [4.69, 9.17) is 54.1 Å². The van der Waals surface area contributed by atoms with Gasteiger partial charge >= 0.3 is 6.01 Å². The molecular weight excluding hydrogens is 939 g/mol. The first-order chi connectivity index (χ1) is 31.5. The van der Waals surface area contributed by atoms with Crippen LogP contribution in [-0.2, 0) is 0 Å². The summed E-state index contributed by atoms with van der Waals surface area (Å²) in [5, 5.41) is 23.4. The number of methoxy groups -OCH3 is 2. The van der Waals surface area contributed by atoms with Crippen molar-refractivity contribution in [2.75, 3.05) is 75.8 Å². The van der Waals surface area contributed by atoms with E-state index in [2.05, 4.69) is 75.1 Å². The van der Waals surface area contributed by atoms with Crippen LogP contribution in [0.4, 0.5) is 35.2 Å². The number of rotatable bonds is 12. The Hall–Kier alpha value is -4.19. The number of nitrogens with zero attached hydrogens (tertiary/aromatic N) is 8. The van der Waals surface area contributed by atoms with E-state index in [0.29, 0.717) is 63.4 Å². The summed E-state index contributed by atoms with van der Waals surface area (Å²) in [5.74, 6) is 3.08. The lowest BCUT2D eigenvalue weighted by molar-refractivity contribution is 0.0942. The fourth-order valence-corrected chi connectivity index (χ4v) is 8.88. The molecule has 2 aromatic heterocycles. The molecule has 19 heteroatoms. The number of anilines is 6. The van der Waals surface area contributed by atoms with Gasteiger partial charge in [-0.2, -0.15) is 29.9 Å². The molecule has 2 saturated carbocycles. The fraction of sp³-hybridized carbons (Fsp3) is 0.640. The normalized spacial score (nSPS) is 17.3. The number of piperidine rings is 2. The van der Waals surface area contributed by atoms with Crippen molar-refractivity contribution in [1.82, 2.24) is 39.7 Å². The summed E-state index contributed by atoms with van der Waals surface area (Å²) >= 11 is 18.5. The van der Waals surface area contributed by atoms with Crippen LogP contribution in [0.3, 0.4) is 0 Å². The quantitative estimate of drug-likeness (QED) is 0.0845. The number of aliphatic hydroxyl groups is 1. The summed E-state index contributed by atoms with van der Waals surface area (Å²) in [6.07, 6.45) is 18.5. The van der Waals surface area contributed by atoms with E-state index in [-0.39, 0.29) is 47.2 Å². The molecule has 0 amide bonds. The molecule has 0 radical (unpaired) electrons. The SMILES string of the molecule is C.C.C.C.CN1CCC(O)CC1.COc1ccc(Nc2nc(Cl)nc(NC3CCCCCC3)n2)cc1Cl.COc1ccc(Nc2nc(NC3CCCCCC3)nc(OC3CCN(C)CC3)n2)cc1Cl. The van der Waals surface area contributed by atoms with Gasteiger partial charge in [-0.05, 0) is 113 Å². The number of halogens is 3. The Morgan fingerprint density at radius 1 is 0.522 bits per heavy atom. The van der Waals surface area contributed by atoms with Crippen LogP contribution in [0.1, 0.15) is 132 Å². The van der Waals surface area contributed by atoms with Crippen LogP contribution in [0, 0.1) is 0 Å². The molecule has 2 aliphatic carbocycles. The van der Waals surface area contributed by atoms with Gasteiger partial charge in [0.25, 0.3) is 0 Å². The molecule has 4 aromatic rings. The van der Waals surface area contributed by atoms with Crippen molar-refractivity contribution >= 4 is 70.0 Å². The molecular formula is C50H83Cl3N12O4. The van der Waals surface area contributed by atoms with Crippen molar-refractivity contribution in [3.8, 4) is 17.5 Å². The molecule has 4 aliphatic rings. The third kappa shape index (κ3) is 21.0. The smallest absolute Gasteiger partial charge is 0.323 e. The van der Waals surface area contributed by atoms with Gasteiger partial charge in [0.1, 0.15) is 17.6 Å². The van der Waals surface area contributed by atoms with Gasteiger partial charge in [-0.25, -0.2) is 0 Å². The molecule has 2 aromatic carbocycles. The van der Waals surface area contributed by atoms with E-state index in [1.807, 2.05) is 18.2 Å². The topological polar surface area (TPSA) is 180 Å². The second kappa shape index (κ2) is 31.9. The average molecular weight is 1020 g/mol. The first-order valence-corrected chi connectivity index (χ1v) is 24.3. The number of benzene rings is 2. The molecule has 5 N–H and O–H groups in total. The van der Waals surface area contributed by atoms with Gasteiger partial charge < -0.3 is 50.4 Å². The minimum Gasteiger partial charge on any atom is -0.495 e. The third-order valence-electron chi connectivity index (χ3n) is 12.0. The Morgan fingerprint density at radius 3 is 1.33 bits per heavy atom. The van der Waals surface area contributed by atoms with Crippen molar-refractivity contribution in [2.45, 2.75) is 157 Å². The molecule has 4 fully saturated rings. The van der Waals surface area contributed by atoms with Crippen LogP contribution in [0.25, 0.3) is 0 Å². The summed E-state index contributed by atoms with van der Waals surface area (Å²) in [4.78, 5) is 31.1. The largest absolute Gasteiger partial charge is 0.495 e. The molecule has 8 rings (SSSR count). The van der Waals surface area contributed by atoms with E-state index in [1.165, 1.54) is 51.4 Å². The van der Waals surface area contributed by atoms with Gasteiger partial charge in [0.15, 0.2) is 0 Å². The van der Waals surface area contributed by atoms with E-state index < -0.39 is 0 Å². The van der Waals surface area contributed by atoms with Crippen molar-refractivity contribution < 1.29 is 19.3 Å². The highest BCUT2D eigenvalue weighted by Gasteiger charge is 2.22. The maximum absolute atomic E-state index is 9.00. The summed E-state index contributed by atoms with van der Waals surface area (Å²) < 4.78 is 16.6. The predicted octanol–water partition coefficient (Wildman–Crippen LogP) is 12.6. The standard InChI is InChI=1S/C23H33ClN6O2.C17H21Cl2N5O.C6H13NO.4CH4/c1-30-13-11-18(12-14-30)32-23-28-21(25-16-7-5-3-4-6-8-16)27-22(29-23)26-17-9-10-20(31-2)19(24)15-17;1-25-14-9-8-12(10-13(14)18)21-17-23-15(19)22-16(24-17)20-11-6-4-2-3-5-7-11;1-7-4-2-6(8)3-5-7;;;;/h9-10,15-16,18H,3-8,11-14H2,1-2H3,(H2,25,26,27,28,29);8-11H,2-7H2,1H3,(H2,20,21,22,23,24);6,8H,2-5H2,1H3;4*1H4. The second-order valence-corrected chi connectivity index (χ2v) is 18.4. The van der Waals surface area contributed by atoms with Gasteiger partial charge in [-0.1, -0.05) is 104 Å². The van der Waals surface area contributed by atoms with Crippen LogP contribution in [0.2, 0.25) is 15.3 Å². The van der Waals surface area contributed by atoms with Crippen LogP contribution < -0.4 is 35.5 Å². The van der Waals surface area contributed by atoms with Crippen LogP contribution in [0.5, 0.6) is 17.5 Å². The first kappa shape index (κ1) is 60.9. The van der Waals surface area contributed by atoms with E-state index in [0.717, 1.165) is 88.9 Å². The minimum absolute atomic E-state index is 0. The maximum Gasteiger partial charge on any atom is 0.323 e. The van der Waals surface area contributed by atoms with Gasteiger partial charge in [0.2, 0.25) is 29.1 Å². The fourth-order valence-electron chi connectivity index (χ4n) is 8.21. The lowest BCUT2D eigenvalue weighted by Crippen LogP contribution is -2.36. The number of aliphatic hydroxyl groups excluding tert-OH is 1. The Bertz CT molecular complexity index is 2030. The van der Waals surface area contributed by atoms with Crippen molar-refractivity contribution in [3.05, 3.63) is 51.7 Å². The van der Waals surface area contributed by atoms with E-state index >= 15 is 0 Å². The van der Waals surface area contributed by atoms with Crippen LogP contribution in [-0.4, -0.2) is 124 Å². The van der Waals surface area contributed by atoms with Gasteiger partial charge in [-0.15, -0.1) is 0 Å². The molecule has 0 bridgehead atoms. The Kier molecular flexibility index (Phi) is 28.2. The van der Waals surface area contributed by atoms with Gasteiger partial charge in [0.05, 0.1) is 30.4 Å². The van der Waals surface area contributed by atoms with Crippen LogP contribution in [0.15, 0.2) is 36.4 Å². The molecule has 16 nitrogen and oxygen atoms in total. The summed E-state index contributed by atoms with van der Waals surface area (Å²) in [6, 6.07) is 11.9. The molecule has 4 heterocycles. The summed E-state index contributed by atoms with van der Waals surface area (Å²) in [7, 11) is 7.39. The Balaban J connectivity index is 0.000000395. The highest BCUT2D eigenvalue weighted by atomic mass is 35.5. The van der Waals surface area contributed by atoms with Crippen molar-refractivity contribution in [1.29, 1.82) is 0 Å². The zero-order valence-electron chi connectivity index (χ0n) is 38.3. The third-order valence-corrected chi connectivity index (χ3v) is 12.8. The lowest BCUT2D eigenvalue weighted by Gasteiger charge is -2.28. The van der Waals surface area contributed by atoms with Crippen LogP contribution >= 0.6 is 34.8 Å². The number of hydrogen-bond acceptors (Lipinski definition) is 16. The summed E-state index contributed by atoms with van der Waals surface area (Å²) in [6.45, 7) is 4.14. The van der Waals surface area contributed by atoms with E-state index in [1.54, 1.807) is 32.4 Å². The maximum atomic E-state index is 9.00. The summed E-state index contributed by atoms with van der Waals surface area (Å²) in [5.41, 5.74) is 1.51. The van der Waals surface area contributed by atoms with E-state index in [9.17, 15) is 0 Å². The first-order valence-electron chi connectivity index (χ1n) is 23.2. The zero-order chi connectivity index (χ0) is 46.0. The Labute approximate surface area is 428 Å². The molecule has 388 valence electrons. The molecule has 0 spiro atoms. The highest BCUT2D eigenvalue weighted by Crippen LogP contribution is 2.31. The molecule has 0 atom stereocenters. The number of aromatic nitrogens is 6. The number of nitrogens with one attached hydrogen (secondary N) is 4. The highest BCUT2D eigenvalue weighted by molar-refractivity contribution is 6.32. The van der Waals surface area contributed by atoms with Crippen molar-refractivity contribution in [2.24, 2.45) is 0 Å². The minimum atomic E-state index is -0.0220. The molecule has 2 saturated heterocycles. The number of ether oxygens (including phenoxy) is 3. The van der Waals surface area contributed by atoms with Crippen molar-refractivity contribution in [3.63, 3.8) is 0 Å². The number of hydrogen-bond donors (Lipinski definition) is 5.